The molecule has 0 atom stereocenters. The first-order valence-electron chi connectivity index (χ1n) is 7.55. The molecular weight excluding hydrogens is 305 g/mol. The lowest BCUT2D eigenvalue weighted by atomic mass is 9.83. The Balaban J connectivity index is 1.40. The molecule has 0 unspecified atom stereocenters. The first kappa shape index (κ1) is 15.9. The van der Waals surface area contributed by atoms with Gasteiger partial charge in [0.2, 0.25) is 5.82 Å². The van der Waals surface area contributed by atoms with Crippen LogP contribution < -0.4 is 4.74 Å². The van der Waals surface area contributed by atoms with E-state index < -0.39 is 17.5 Å². The van der Waals surface area contributed by atoms with E-state index >= 15 is 0 Å². The van der Waals surface area contributed by atoms with Crippen LogP contribution in [-0.2, 0) is 11.3 Å². The molecule has 2 aromatic carbocycles. The summed E-state index contributed by atoms with van der Waals surface area (Å²) in [6, 6.07) is 11.9. The van der Waals surface area contributed by atoms with Crippen molar-refractivity contribution in [3.63, 3.8) is 0 Å². The van der Waals surface area contributed by atoms with Crippen molar-refractivity contribution in [1.29, 1.82) is 0 Å². The van der Waals surface area contributed by atoms with Gasteiger partial charge in [-0.3, -0.25) is 0 Å². The smallest absolute Gasteiger partial charge is 0.203 e. The lowest BCUT2D eigenvalue weighted by Gasteiger charge is -2.34. The van der Waals surface area contributed by atoms with Crippen LogP contribution in [-0.4, -0.2) is 12.7 Å². The van der Waals surface area contributed by atoms with Crippen LogP contribution in [0.3, 0.4) is 0 Å². The van der Waals surface area contributed by atoms with Crippen molar-refractivity contribution >= 4 is 0 Å². The standard InChI is InChI=1S/C18H17F3O2/c19-15-6-7-16(18(21)17(15)20)23-11-13-8-14(9-13)22-10-12-4-2-1-3-5-12/h1-7,13-14H,8-11H2. The van der Waals surface area contributed by atoms with Gasteiger partial charge in [0, 0.05) is 0 Å². The maximum Gasteiger partial charge on any atom is 0.203 e. The normalized spacial score (nSPS) is 20.1. The first-order valence-corrected chi connectivity index (χ1v) is 7.55. The van der Waals surface area contributed by atoms with Crippen molar-refractivity contribution in [2.24, 2.45) is 5.92 Å². The van der Waals surface area contributed by atoms with E-state index in [-0.39, 0.29) is 24.4 Å². The predicted octanol–water partition coefficient (Wildman–Crippen LogP) is 4.48. The number of rotatable bonds is 6. The zero-order valence-electron chi connectivity index (χ0n) is 12.5. The van der Waals surface area contributed by atoms with E-state index in [9.17, 15) is 13.2 Å². The van der Waals surface area contributed by atoms with Gasteiger partial charge >= 0.3 is 0 Å². The molecule has 0 spiro atoms. The average molecular weight is 322 g/mol. The van der Waals surface area contributed by atoms with Crippen LogP contribution in [0.5, 0.6) is 5.75 Å². The molecule has 0 radical (unpaired) electrons. The van der Waals surface area contributed by atoms with Crippen molar-refractivity contribution in [2.75, 3.05) is 6.61 Å². The van der Waals surface area contributed by atoms with Crippen LogP contribution >= 0.6 is 0 Å². The Hall–Kier alpha value is -2.01. The molecule has 23 heavy (non-hydrogen) atoms. The van der Waals surface area contributed by atoms with E-state index in [0.717, 1.165) is 30.5 Å². The Bertz CT molecular complexity index is 655. The fourth-order valence-electron chi connectivity index (χ4n) is 2.56. The van der Waals surface area contributed by atoms with Gasteiger partial charge in [-0.25, -0.2) is 8.78 Å². The van der Waals surface area contributed by atoms with E-state index in [1.165, 1.54) is 0 Å². The van der Waals surface area contributed by atoms with Crippen LogP contribution in [0.2, 0.25) is 0 Å². The topological polar surface area (TPSA) is 18.5 Å². The van der Waals surface area contributed by atoms with Gasteiger partial charge < -0.3 is 9.47 Å². The molecule has 0 aliphatic heterocycles. The van der Waals surface area contributed by atoms with Crippen molar-refractivity contribution < 1.29 is 22.6 Å². The number of hydrogen-bond donors (Lipinski definition) is 0. The van der Waals surface area contributed by atoms with E-state index in [1.807, 2.05) is 30.3 Å². The van der Waals surface area contributed by atoms with Crippen LogP contribution in [0.1, 0.15) is 18.4 Å². The molecule has 1 fully saturated rings. The SMILES string of the molecule is Fc1ccc(OCC2CC(OCc3ccccc3)C2)c(F)c1F. The molecule has 0 heterocycles. The monoisotopic (exact) mass is 322 g/mol. The lowest BCUT2D eigenvalue weighted by molar-refractivity contribution is -0.0508. The zero-order chi connectivity index (χ0) is 16.2. The third-order valence-electron chi connectivity index (χ3n) is 4.00. The number of halogens is 3. The highest BCUT2D eigenvalue weighted by Gasteiger charge is 2.30. The van der Waals surface area contributed by atoms with Gasteiger partial charge in [0.1, 0.15) is 0 Å². The van der Waals surface area contributed by atoms with Crippen molar-refractivity contribution in [1.82, 2.24) is 0 Å². The summed E-state index contributed by atoms with van der Waals surface area (Å²) in [5, 5.41) is 0. The average Bonchev–Trinajstić information content (AvgIpc) is 2.53. The summed E-state index contributed by atoms with van der Waals surface area (Å²) >= 11 is 0. The summed E-state index contributed by atoms with van der Waals surface area (Å²) in [5.74, 6) is -4.00. The first-order chi connectivity index (χ1) is 11.1. The quantitative estimate of drug-likeness (QED) is 0.730. The highest BCUT2D eigenvalue weighted by Crippen LogP contribution is 2.32. The van der Waals surface area contributed by atoms with E-state index in [0.29, 0.717) is 6.61 Å². The fraction of sp³-hybridized carbons (Fsp3) is 0.333. The van der Waals surface area contributed by atoms with Gasteiger partial charge in [-0.1, -0.05) is 30.3 Å². The number of hydrogen-bond acceptors (Lipinski definition) is 2. The Morgan fingerprint density at radius 3 is 2.39 bits per heavy atom. The van der Waals surface area contributed by atoms with E-state index in [4.69, 9.17) is 9.47 Å². The van der Waals surface area contributed by atoms with Gasteiger partial charge in [-0.2, -0.15) is 4.39 Å². The maximum atomic E-state index is 13.5. The highest BCUT2D eigenvalue weighted by molar-refractivity contribution is 5.26. The molecule has 0 amide bonds. The molecule has 0 N–H and O–H groups in total. The Morgan fingerprint density at radius 1 is 0.913 bits per heavy atom. The largest absolute Gasteiger partial charge is 0.490 e. The second-order valence-corrected chi connectivity index (χ2v) is 5.74. The molecule has 2 nitrogen and oxygen atoms in total. The van der Waals surface area contributed by atoms with Crippen molar-refractivity contribution in [3.05, 3.63) is 65.5 Å². The lowest BCUT2D eigenvalue weighted by Crippen LogP contribution is -2.34. The Morgan fingerprint density at radius 2 is 1.65 bits per heavy atom. The maximum absolute atomic E-state index is 13.5. The van der Waals surface area contributed by atoms with E-state index in [1.54, 1.807) is 0 Å². The van der Waals surface area contributed by atoms with Gasteiger partial charge in [0.25, 0.3) is 0 Å². The van der Waals surface area contributed by atoms with Gasteiger partial charge in [0.15, 0.2) is 17.4 Å². The molecule has 0 bridgehead atoms. The highest BCUT2D eigenvalue weighted by atomic mass is 19.2. The summed E-state index contributed by atoms with van der Waals surface area (Å²) in [7, 11) is 0. The molecule has 0 aromatic heterocycles. The summed E-state index contributed by atoms with van der Waals surface area (Å²) < 4.78 is 50.4. The molecule has 1 aliphatic carbocycles. The summed E-state index contributed by atoms with van der Waals surface area (Å²) in [6.07, 6.45) is 1.80. The molecule has 1 saturated carbocycles. The Kier molecular flexibility index (Phi) is 4.86. The summed E-state index contributed by atoms with van der Waals surface area (Å²) in [4.78, 5) is 0. The molecule has 1 aliphatic rings. The number of ether oxygens (including phenoxy) is 2. The second kappa shape index (κ2) is 7.04. The number of benzene rings is 2. The molecule has 2 aromatic rings. The molecule has 5 heteroatoms. The van der Waals surface area contributed by atoms with Crippen LogP contribution in [0.25, 0.3) is 0 Å². The molecule has 122 valence electrons. The Labute approximate surface area is 132 Å². The summed E-state index contributed by atoms with van der Waals surface area (Å²) in [6.45, 7) is 0.837. The molecule has 0 saturated heterocycles. The minimum absolute atomic E-state index is 0.165. The van der Waals surface area contributed by atoms with Gasteiger partial charge in [-0.05, 0) is 36.5 Å². The van der Waals surface area contributed by atoms with Crippen molar-refractivity contribution in [2.45, 2.75) is 25.6 Å². The summed E-state index contributed by atoms with van der Waals surface area (Å²) in [5.41, 5.74) is 1.12. The predicted molar refractivity (Wildman–Crippen MR) is 79.6 cm³/mol. The van der Waals surface area contributed by atoms with Crippen LogP contribution in [0.4, 0.5) is 13.2 Å². The van der Waals surface area contributed by atoms with Crippen LogP contribution in [0, 0.1) is 23.4 Å². The van der Waals surface area contributed by atoms with Crippen LogP contribution in [0.15, 0.2) is 42.5 Å². The zero-order valence-corrected chi connectivity index (χ0v) is 12.5. The minimum Gasteiger partial charge on any atom is -0.490 e. The molecule has 3 rings (SSSR count). The van der Waals surface area contributed by atoms with E-state index in [2.05, 4.69) is 0 Å². The second-order valence-electron chi connectivity index (χ2n) is 5.74. The fourth-order valence-corrected chi connectivity index (χ4v) is 2.56. The third kappa shape index (κ3) is 3.85. The third-order valence-corrected chi connectivity index (χ3v) is 4.00. The van der Waals surface area contributed by atoms with Gasteiger partial charge in [-0.15, -0.1) is 0 Å². The molecular formula is C18H17F3O2. The van der Waals surface area contributed by atoms with Crippen molar-refractivity contribution in [3.8, 4) is 5.75 Å². The van der Waals surface area contributed by atoms with Gasteiger partial charge in [0.05, 0.1) is 19.3 Å². The minimum atomic E-state index is -1.50.